The number of hydrogen-bond donors (Lipinski definition) is 2. The largest absolute Gasteiger partial charge is 0.399 e. The van der Waals surface area contributed by atoms with Gasteiger partial charge in [-0.1, -0.05) is 23.2 Å². The smallest absolute Gasteiger partial charge is 0.263 e. The van der Waals surface area contributed by atoms with Crippen molar-refractivity contribution in [3.8, 4) is 0 Å². The second-order valence-corrected chi connectivity index (χ2v) is 6.38. The molecule has 0 aliphatic carbocycles. The summed E-state index contributed by atoms with van der Waals surface area (Å²) in [5, 5.41) is -0.0430. The second kappa shape index (κ2) is 5.47. The van der Waals surface area contributed by atoms with E-state index in [-0.39, 0.29) is 26.3 Å². The van der Waals surface area contributed by atoms with Crippen molar-refractivity contribution in [1.29, 1.82) is 0 Å². The van der Waals surface area contributed by atoms with Crippen LogP contribution in [0, 0.1) is 5.82 Å². The number of rotatable bonds is 3. The van der Waals surface area contributed by atoms with Crippen molar-refractivity contribution >= 4 is 44.6 Å². The molecule has 2 aromatic rings. The maximum absolute atomic E-state index is 12.9. The topological polar surface area (TPSA) is 72.2 Å². The van der Waals surface area contributed by atoms with Crippen LogP contribution in [0.5, 0.6) is 0 Å². The van der Waals surface area contributed by atoms with Gasteiger partial charge in [-0.3, -0.25) is 4.72 Å². The number of hydrogen-bond acceptors (Lipinski definition) is 3. The number of anilines is 2. The lowest BCUT2D eigenvalue weighted by molar-refractivity contribution is 0.601. The molecular formula is C12H9Cl2FN2O2S. The number of benzene rings is 2. The highest BCUT2D eigenvalue weighted by molar-refractivity contribution is 7.92. The molecule has 0 radical (unpaired) electrons. The van der Waals surface area contributed by atoms with Crippen LogP contribution >= 0.6 is 23.2 Å². The van der Waals surface area contributed by atoms with Crippen molar-refractivity contribution in [1.82, 2.24) is 0 Å². The predicted molar refractivity (Wildman–Crippen MR) is 78.1 cm³/mol. The van der Waals surface area contributed by atoms with Crippen molar-refractivity contribution in [3.63, 3.8) is 0 Å². The summed E-state index contributed by atoms with van der Waals surface area (Å²) in [6.07, 6.45) is 0. The van der Waals surface area contributed by atoms with Crippen LogP contribution < -0.4 is 10.5 Å². The molecule has 106 valence electrons. The summed E-state index contributed by atoms with van der Waals surface area (Å²) < 4.78 is 39.6. The van der Waals surface area contributed by atoms with Gasteiger partial charge in [-0.05, 0) is 36.4 Å². The molecule has 0 atom stereocenters. The molecular weight excluding hydrogens is 326 g/mol. The zero-order valence-corrected chi connectivity index (χ0v) is 12.2. The van der Waals surface area contributed by atoms with Gasteiger partial charge in [0.15, 0.2) is 0 Å². The Morgan fingerprint density at radius 1 is 1.05 bits per heavy atom. The van der Waals surface area contributed by atoms with E-state index in [0.29, 0.717) is 0 Å². The van der Waals surface area contributed by atoms with Crippen molar-refractivity contribution in [2.45, 2.75) is 4.90 Å². The second-order valence-electron chi connectivity index (χ2n) is 3.92. The van der Waals surface area contributed by atoms with E-state index in [1.807, 2.05) is 0 Å². The lowest BCUT2D eigenvalue weighted by Crippen LogP contribution is -2.14. The van der Waals surface area contributed by atoms with Crippen LogP contribution in [-0.4, -0.2) is 8.42 Å². The molecule has 4 nitrogen and oxygen atoms in total. The minimum atomic E-state index is -3.97. The van der Waals surface area contributed by atoms with Gasteiger partial charge >= 0.3 is 0 Å². The summed E-state index contributed by atoms with van der Waals surface area (Å²) in [5.74, 6) is -0.570. The average Bonchev–Trinajstić information content (AvgIpc) is 2.35. The lowest BCUT2D eigenvalue weighted by atomic mass is 10.3. The van der Waals surface area contributed by atoms with Gasteiger partial charge in [0.05, 0.1) is 15.7 Å². The molecule has 20 heavy (non-hydrogen) atoms. The van der Waals surface area contributed by atoms with E-state index in [4.69, 9.17) is 28.9 Å². The maximum Gasteiger partial charge on any atom is 0.263 e. The Balaban J connectivity index is 2.43. The molecule has 8 heteroatoms. The molecule has 0 aliphatic rings. The highest BCUT2D eigenvalue weighted by Gasteiger charge is 2.19. The van der Waals surface area contributed by atoms with E-state index in [0.717, 1.165) is 12.1 Å². The van der Waals surface area contributed by atoms with Gasteiger partial charge in [-0.2, -0.15) is 0 Å². The number of nitrogens with one attached hydrogen (secondary N) is 1. The van der Waals surface area contributed by atoms with E-state index in [1.54, 1.807) is 0 Å². The zero-order valence-electron chi connectivity index (χ0n) is 9.90. The SMILES string of the molecule is Nc1ccc(Cl)c(S(=O)(=O)Nc2ccc(F)cc2Cl)c1. The van der Waals surface area contributed by atoms with Crippen LogP contribution in [0.2, 0.25) is 10.0 Å². The monoisotopic (exact) mass is 334 g/mol. The molecule has 3 N–H and O–H groups in total. The minimum absolute atomic E-state index is 0.0185. The molecule has 0 fully saturated rings. The standard InChI is InChI=1S/C12H9Cl2FN2O2S/c13-9-3-2-8(16)6-12(9)20(18,19)17-11-4-1-7(15)5-10(11)14/h1-6,17H,16H2. The van der Waals surface area contributed by atoms with Gasteiger partial charge < -0.3 is 5.73 Å². The molecule has 0 bridgehead atoms. The molecule has 0 spiro atoms. The number of nitrogen functional groups attached to an aromatic ring is 1. The molecule has 0 aromatic heterocycles. The Bertz CT molecular complexity index is 766. The summed E-state index contributed by atoms with van der Waals surface area (Å²) in [7, 11) is -3.97. The van der Waals surface area contributed by atoms with E-state index >= 15 is 0 Å². The van der Waals surface area contributed by atoms with Crippen LogP contribution in [0.15, 0.2) is 41.3 Å². The van der Waals surface area contributed by atoms with Gasteiger partial charge in [0.1, 0.15) is 10.7 Å². The van der Waals surface area contributed by atoms with Gasteiger partial charge in [-0.25, -0.2) is 12.8 Å². The highest BCUT2D eigenvalue weighted by atomic mass is 35.5. The first-order valence-electron chi connectivity index (χ1n) is 5.32. The quantitative estimate of drug-likeness (QED) is 0.843. The van der Waals surface area contributed by atoms with Crippen LogP contribution in [0.25, 0.3) is 0 Å². The third-order valence-electron chi connectivity index (χ3n) is 2.42. The summed E-state index contributed by atoms with van der Waals surface area (Å²) in [5.41, 5.74) is 5.84. The van der Waals surface area contributed by atoms with Crippen molar-refractivity contribution in [2.24, 2.45) is 0 Å². The van der Waals surface area contributed by atoms with Gasteiger partial charge in [0.25, 0.3) is 10.0 Å². The third kappa shape index (κ3) is 3.15. The summed E-state index contributed by atoms with van der Waals surface area (Å²) >= 11 is 11.6. The van der Waals surface area contributed by atoms with E-state index < -0.39 is 15.8 Å². The van der Waals surface area contributed by atoms with E-state index in [2.05, 4.69) is 4.72 Å². The first-order valence-corrected chi connectivity index (χ1v) is 7.56. The van der Waals surface area contributed by atoms with Crippen molar-refractivity contribution in [3.05, 3.63) is 52.3 Å². The first kappa shape index (κ1) is 14.9. The van der Waals surface area contributed by atoms with Gasteiger partial charge in [0, 0.05) is 5.69 Å². The van der Waals surface area contributed by atoms with Crippen LogP contribution in [0.3, 0.4) is 0 Å². The van der Waals surface area contributed by atoms with E-state index in [9.17, 15) is 12.8 Å². The third-order valence-corrected chi connectivity index (χ3v) is 4.58. The van der Waals surface area contributed by atoms with Crippen molar-refractivity contribution < 1.29 is 12.8 Å². The Morgan fingerprint density at radius 2 is 1.75 bits per heavy atom. The maximum atomic E-state index is 12.9. The molecule has 0 amide bonds. The Morgan fingerprint density at radius 3 is 2.40 bits per heavy atom. The van der Waals surface area contributed by atoms with Crippen LogP contribution in [-0.2, 0) is 10.0 Å². The molecule has 0 saturated carbocycles. The first-order chi connectivity index (χ1) is 9.29. The highest BCUT2D eigenvalue weighted by Crippen LogP contribution is 2.29. The zero-order chi connectivity index (χ0) is 14.9. The van der Waals surface area contributed by atoms with Gasteiger partial charge in [-0.15, -0.1) is 0 Å². The number of sulfonamides is 1. The Kier molecular flexibility index (Phi) is 4.08. The normalized spacial score (nSPS) is 11.3. The molecule has 0 saturated heterocycles. The molecule has 0 heterocycles. The lowest BCUT2D eigenvalue weighted by Gasteiger charge is -2.11. The Hall–Kier alpha value is -1.50. The van der Waals surface area contributed by atoms with E-state index in [1.165, 1.54) is 24.3 Å². The van der Waals surface area contributed by atoms with Gasteiger partial charge in [0.2, 0.25) is 0 Å². The molecule has 0 aliphatic heterocycles. The van der Waals surface area contributed by atoms with Crippen LogP contribution in [0.1, 0.15) is 0 Å². The minimum Gasteiger partial charge on any atom is -0.399 e. The van der Waals surface area contributed by atoms with Crippen molar-refractivity contribution in [2.75, 3.05) is 10.5 Å². The fourth-order valence-electron chi connectivity index (χ4n) is 1.50. The number of nitrogens with two attached hydrogens (primary N) is 1. The molecule has 2 rings (SSSR count). The summed E-state index contributed by atoms with van der Waals surface area (Å²) in [6, 6.07) is 7.38. The number of halogens is 3. The Labute approximate surface area is 125 Å². The van der Waals surface area contributed by atoms with Crippen LogP contribution in [0.4, 0.5) is 15.8 Å². The fourth-order valence-corrected chi connectivity index (χ4v) is 3.38. The summed E-state index contributed by atoms with van der Waals surface area (Å²) in [4.78, 5) is -0.181. The predicted octanol–water partition coefficient (Wildman–Crippen LogP) is 3.52. The molecule has 2 aromatic carbocycles. The molecule has 0 unspecified atom stereocenters. The fraction of sp³-hybridized carbons (Fsp3) is 0. The summed E-state index contributed by atoms with van der Waals surface area (Å²) in [6.45, 7) is 0. The average molecular weight is 335 g/mol.